The fourth-order valence-corrected chi connectivity index (χ4v) is 4.09. The molecular formula is C23H33NO2. The predicted octanol–water partition coefficient (Wildman–Crippen LogP) is 6.68. The number of anilines is 1. The molecule has 1 N–H and O–H groups in total. The largest absolute Gasteiger partial charge is 0.464 e. The van der Waals surface area contributed by atoms with E-state index in [9.17, 15) is 0 Å². The van der Waals surface area contributed by atoms with Gasteiger partial charge in [0.1, 0.15) is 11.5 Å². The lowest BCUT2D eigenvalue weighted by atomic mass is 9.78. The van der Waals surface area contributed by atoms with Gasteiger partial charge in [0.15, 0.2) is 0 Å². The Labute approximate surface area is 158 Å². The van der Waals surface area contributed by atoms with Crippen molar-refractivity contribution < 1.29 is 9.15 Å². The molecule has 1 saturated heterocycles. The fourth-order valence-electron chi connectivity index (χ4n) is 4.09. The minimum Gasteiger partial charge on any atom is -0.464 e. The van der Waals surface area contributed by atoms with E-state index in [0.29, 0.717) is 11.8 Å². The summed E-state index contributed by atoms with van der Waals surface area (Å²) in [4.78, 5) is 0. The van der Waals surface area contributed by atoms with Crippen LogP contribution in [0.5, 0.6) is 0 Å². The summed E-state index contributed by atoms with van der Waals surface area (Å²) in [7, 11) is 0. The molecule has 26 heavy (non-hydrogen) atoms. The molecule has 2 aromatic rings. The van der Waals surface area contributed by atoms with Crippen molar-refractivity contribution in [2.45, 2.75) is 72.4 Å². The van der Waals surface area contributed by atoms with Gasteiger partial charge in [0.25, 0.3) is 0 Å². The first-order chi connectivity index (χ1) is 12.5. The number of fused-ring (bicyclic) bond motifs is 3. The van der Waals surface area contributed by atoms with Gasteiger partial charge in [-0.15, -0.1) is 0 Å². The highest BCUT2D eigenvalue weighted by atomic mass is 16.5. The van der Waals surface area contributed by atoms with Gasteiger partial charge in [0, 0.05) is 23.8 Å². The van der Waals surface area contributed by atoms with Gasteiger partial charge in [-0.05, 0) is 55.9 Å². The van der Waals surface area contributed by atoms with Gasteiger partial charge in [-0.25, -0.2) is 0 Å². The summed E-state index contributed by atoms with van der Waals surface area (Å²) in [6.07, 6.45) is 2.47. The van der Waals surface area contributed by atoms with Crippen molar-refractivity contribution in [2.75, 3.05) is 11.9 Å². The molecule has 0 spiro atoms. The van der Waals surface area contributed by atoms with Crippen molar-refractivity contribution in [3.8, 4) is 0 Å². The molecule has 0 aliphatic carbocycles. The maximum Gasteiger partial charge on any atom is 0.127 e. The summed E-state index contributed by atoms with van der Waals surface area (Å²) in [6.45, 7) is 13.5. The van der Waals surface area contributed by atoms with Gasteiger partial charge in [-0.1, -0.05) is 39.8 Å². The van der Waals surface area contributed by atoms with E-state index >= 15 is 0 Å². The Morgan fingerprint density at radius 1 is 1.12 bits per heavy atom. The second-order valence-corrected chi connectivity index (χ2v) is 7.61. The third-order valence-electron chi connectivity index (χ3n) is 5.65. The number of benzene rings is 1. The molecule has 3 nitrogen and oxygen atoms in total. The van der Waals surface area contributed by atoms with Crippen molar-refractivity contribution in [1.82, 2.24) is 0 Å². The zero-order chi connectivity index (χ0) is 18.8. The molecule has 1 aromatic heterocycles. The highest BCUT2D eigenvalue weighted by Crippen LogP contribution is 2.49. The van der Waals surface area contributed by atoms with E-state index in [2.05, 4.69) is 50.4 Å². The number of rotatable bonds is 2. The van der Waals surface area contributed by atoms with Crippen molar-refractivity contribution >= 4 is 5.69 Å². The average Bonchev–Trinajstić information content (AvgIpc) is 3.00. The topological polar surface area (TPSA) is 34.4 Å². The molecule has 4 rings (SSSR count). The third kappa shape index (κ3) is 3.42. The number of hydrogen-bond donors (Lipinski definition) is 1. The minimum absolute atomic E-state index is 0.171. The Hall–Kier alpha value is -1.74. The molecule has 0 amide bonds. The Morgan fingerprint density at radius 3 is 2.54 bits per heavy atom. The summed E-state index contributed by atoms with van der Waals surface area (Å²) in [5, 5.41) is 3.75. The molecule has 0 saturated carbocycles. The van der Waals surface area contributed by atoms with Crippen LogP contribution in [0.15, 0.2) is 28.7 Å². The van der Waals surface area contributed by atoms with Crippen LogP contribution >= 0.6 is 0 Å². The van der Waals surface area contributed by atoms with Crippen molar-refractivity contribution in [3.63, 3.8) is 0 Å². The van der Waals surface area contributed by atoms with Gasteiger partial charge in [0.05, 0.1) is 12.1 Å². The van der Waals surface area contributed by atoms with E-state index in [0.717, 1.165) is 24.5 Å². The first-order valence-electron chi connectivity index (χ1n) is 10.1. The van der Waals surface area contributed by atoms with Crippen LogP contribution in [-0.2, 0) is 4.74 Å². The summed E-state index contributed by atoms with van der Waals surface area (Å²) in [5.74, 6) is 3.02. The molecule has 3 heterocycles. The Morgan fingerprint density at radius 2 is 1.88 bits per heavy atom. The molecule has 0 radical (unpaired) electrons. The lowest BCUT2D eigenvalue weighted by Crippen LogP contribution is -2.35. The predicted molar refractivity (Wildman–Crippen MR) is 108 cm³/mol. The van der Waals surface area contributed by atoms with Crippen molar-refractivity contribution in [2.24, 2.45) is 5.92 Å². The van der Waals surface area contributed by atoms with Crippen LogP contribution in [-0.4, -0.2) is 6.61 Å². The van der Waals surface area contributed by atoms with Crippen LogP contribution in [0.3, 0.4) is 0 Å². The van der Waals surface area contributed by atoms with E-state index in [4.69, 9.17) is 9.15 Å². The lowest BCUT2D eigenvalue weighted by Gasteiger charge is -2.42. The van der Waals surface area contributed by atoms with E-state index in [1.54, 1.807) is 0 Å². The number of aryl methyl sites for hydroxylation is 2. The highest BCUT2D eigenvalue weighted by Gasteiger charge is 2.41. The van der Waals surface area contributed by atoms with Crippen LogP contribution in [0.2, 0.25) is 0 Å². The van der Waals surface area contributed by atoms with Gasteiger partial charge in [-0.3, -0.25) is 0 Å². The number of furan rings is 1. The fraction of sp³-hybridized carbons (Fsp3) is 0.565. The monoisotopic (exact) mass is 355 g/mol. The van der Waals surface area contributed by atoms with Crippen molar-refractivity contribution in [1.29, 1.82) is 0 Å². The molecule has 2 aliphatic rings. The molecule has 2 aliphatic heterocycles. The normalized spacial score (nSPS) is 24.2. The van der Waals surface area contributed by atoms with Gasteiger partial charge >= 0.3 is 0 Å². The van der Waals surface area contributed by atoms with Crippen LogP contribution in [0.25, 0.3) is 0 Å². The zero-order valence-corrected chi connectivity index (χ0v) is 17.1. The lowest BCUT2D eigenvalue weighted by molar-refractivity contribution is -0.0402. The Balaban J connectivity index is 0.000000948. The third-order valence-corrected chi connectivity index (χ3v) is 5.65. The van der Waals surface area contributed by atoms with Crippen LogP contribution in [0.4, 0.5) is 5.69 Å². The van der Waals surface area contributed by atoms with Gasteiger partial charge in [-0.2, -0.15) is 0 Å². The molecule has 0 bridgehead atoms. The standard InChI is InChI=1S/C21H27NO2.C2H6/c1-12(2)15-7-8-18-17(11-15)21-16(6-5-9-23-21)20(22-18)19-10-13(3)14(4)24-19;1-2/h7-8,10-12,16,20-22H,5-6,9H2,1-4H3;1-2H3/t16?,20-,21?;/m1./s1. The SMILES string of the molecule is CC.Cc1cc([C@@H]2Nc3ccc(C(C)C)cc3C3OCCCC32)oc1C. The number of nitrogens with one attached hydrogen (secondary N) is 1. The quantitative estimate of drug-likeness (QED) is 0.652. The average molecular weight is 356 g/mol. The Kier molecular flexibility index (Phi) is 5.76. The first kappa shape index (κ1) is 19.0. The van der Waals surface area contributed by atoms with Gasteiger partial charge in [0.2, 0.25) is 0 Å². The molecule has 1 fully saturated rings. The van der Waals surface area contributed by atoms with Crippen LogP contribution in [0.1, 0.15) is 86.8 Å². The highest BCUT2D eigenvalue weighted by molar-refractivity contribution is 5.58. The molecule has 3 atom stereocenters. The number of hydrogen-bond acceptors (Lipinski definition) is 3. The molecule has 1 aromatic carbocycles. The van der Waals surface area contributed by atoms with Crippen molar-refractivity contribution in [3.05, 3.63) is 52.5 Å². The summed E-state index contributed by atoms with van der Waals surface area (Å²) >= 11 is 0. The summed E-state index contributed by atoms with van der Waals surface area (Å²) < 4.78 is 12.3. The van der Waals surface area contributed by atoms with E-state index in [-0.39, 0.29) is 12.1 Å². The minimum atomic E-state index is 0.171. The smallest absolute Gasteiger partial charge is 0.127 e. The molecule has 2 unspecified atom stereocenters. The molecule has 3 heteroatoms. The van der Waals surface area contributed by atoms with Crippen LogP contribution in [0, 0.1) is 19.8 Å². The van der Waals surface area contributed by atoms with Gasteiger partial charge < -0.3 is 14.5 Å². The zero-order valence-electron chi connectivity index (χ0n) is 17.1. The Bertz CT molecular complexity index is 727. The second kappa shape index (κ2) is 7.87. The van der Waals surface area contributed by atoms with E-state index in [1.165, 1.54) is 28.8 Å². The first-order valence-corrected chi connectivity index (χ1v) is 10.1. The molecule has 142 valence electrons. The molecular weight excluding hydrogens is 322 g/mol. The van der Waals surface area contributed by atoms with E-state index in [1.807, 2.05) is 20.8 Å². The second-order valence-electron chi connectivity index (χ2n) is 7.61. The number of ether oxygens (including phenoxy) is 1. The maximum absolute atomic E-state index is 6.25. The summed E-state index contributed by atoms with van der Waals surface area (Å²) in [5.41, 5.74) is 5.12. The summed E-state index contributed by atoms with van der Waals surface area (Å²) in [6, 6.07) is 9.17. The maximum atomic E-state index is 6.25. The van der Waals surface area contributed by atoms with E-state index < -0.39 is 0 Å². The van der Waals surface area contributed by atoms with Crippen LogP contribution < -0.4 is 5.32 Å².